The molecule has 0 bridgehead atoms. The number of rotatable bonds is 7. The molecule has 0 saturated heterocycles. The van der Waals surface area contributed by atoms with Crippen molar-refractivity contribution in [3.05, 3.63) is 68.9 Å². The van der Waals surface area contributed by atoms with Gasteiger partial charge in [0.2, 0.25) is 0 Å². The van der Waals surface area contributed by atoms with Crippen LogP contribution in [0.5, 0.6) is 0 Å². The lowest BCUT2D eigenvalue weighted by atomic mass is 10.2. The van der Waals surface area contributed by atoms with Gasteiger partial charge in [0.05, 0.1) is 17.4 Å². The predicted molar refractivity (Wildman–Crippen MR) is 128 cm³/mol. The van der Waals surface area contributed by atoms with Crippen molar-refractivity contribution in [3.8, 4) is 0 Å². The molecule has 0 aliphatic carbocycles. The molecule has 0 spiro atoms. The summed E-state index contributed by atoms with van der Waals surface area (Å²) in [6, 6.07) is 13.6. The summed E-state index contributed by atoms with van der Waals surface area (Å²) in [5.74, 6) is 2.24. The summed E-state index contributed by atoms with van der Waals surface area (Å²) in [6.45, 7) is 3.21. The molecule has 2 heterocycles. The molecule has 0 fully saturated rings. The molecule has 0 radical (unpaired) electrons. The van der Waals surface area contributed by atoms with Crippen molar-refractivity contribution in [3.63, 3.8) is 0 Å². The first-order valence-electron chi connectivity index (χ1n) is 8.87. The van der Waals surface area contributed by atoms with Crippen LogP contribution in [0.25, 0.3) is 0 Å². The van der Waals surface area contributed by atoms with Gasteiger partial charge in [-0.15, -0.1) is 45.5 Å². The smallest absolute Gasteiger partial charge is 0.192 e. The number of nitrogens with one attached hydrogen (secondary N) is 2. The van der Waals surface area contributed by atoms with E-state index in [0.717, 1.165) is 22.1 Å². The second-order valence-electron chi connectivity index (χ2n) is 6.27. The van der Waals surface area contributed by atoms with Gasteiger partial charge in [0.25, 0.3) is 0 Å². The van der Waals surface area contributed by atoms with Gasteiger partial charge in [0.15, 0.2) is 11.8 Å². The summed E-state index contributed by atoms with van der Waals surface area (Å²) < 4.78 is 2.58. The SMILES string of the molecule is Cc1nnc(CNC(=NCc2ccccc2)NCC(O)c2ccc(Cl)s2)n1C.I. The van der Waals surface area contributed by atoms with Gasteiger partial charge in [0.1, 0.15) is 11.9 Å². The van der Waals surface area contributed by atoms with E-state index in [2.05, 4.69) is 25.8 Å². The largest absolute Gasteiger partial charge is 0.386 e. The van der Waals surface area contributed by atoms with Crippen LogP contribution in [0.3, 0.4) is 0 Å². The molecule has 29 heavy (non-hydrogen) atoms. The van der Waals surface area contributed by atoms with Crippen molar-refractivity contribution in [1.29, 1.82) is 0 Å². The molecule has 3 aromatic rings. The molecule has 1 atom stereocenters. The van der Waals surface area contributed by atoms with Crippen LogP contribution in [0.1, 0.15) is 28.2 Å². The lowest BCUT2D eigenvalue weighted by molar-refractivity contribution is 0.184. The van der Waals surface area contributed by atoms with Gasteiger partial charge in [0, 0.05) is 18.5 Å². The van der Waals surface area contributed by atoms with Crippen molar-refractivity contribution in [2.45, 2.75) is 26.1 Å². The molecule has 1 unspecified atom stereocenters. The summed E-state index contributed by atoms with van der Waals surface area (Å²) >= 11 is 7.32. The quantitative estimate of drug-likeness (QED) is 0.240. The van der Waals surface area contributed by atoms with E-state index in [-0.39, 0.29) is 24.0 Å². The summed E-state index contributed by atoms with van der Waals surface area (Å²) in [6.07, 6.45) is -0.668. The van der Waals surface area contributed by atoms with Crippen molar-refractivity contribution in [2.24, 2.45) is 12.0 Å². The lowest BCUT2D eigenvalue weighted by Crippen LogP contribution is -2.39. The number of hydrogen-bond donors (Lipinski definition) is 3. The average Bonchev–Trinajstić information content (AvgIpc) is 3.28. The van der Waals surface area contributed by atoms with Crippen LogP contribution in [0.15, 0.2) is 47.5 Å². The highest BCUT2D eigenvalue weighted by Gasteiger charge is 2.12. The molecule has 2 aromatic heterocycles. The van der Waals surface area contributed by atoms with Crippen LogP contribution in [0.2, 0.25) is 4.34 Å². The highest BCUT2D eigenvalue weighted by Crippen LogP contribution is 2.26. The van der Waals surface area contributed by atoms with Gasteiger partial charge >= 0.3 is 0 Å². The van der Waals surface area contributed by atoms with E-state index < -0.39 is 6.10 Å². The molecule has 3 N–H and O–H groups in total. The maximum absolute atomic E-state index is 10.4. The average molecular weight is 547 g/mol. The minimum atomic E-state index is -0.668. The Morgan fingerprint density at radius 1 is 1.21 bits per heavy atom. The number of aryl methyl sites for hydroxylation is 1. The standard InChI is InChI=1S/C19H23ClN6OS.HI/c1-13-24-25-18(26(13)2)12-23-19(21-10-14-6-4-3-5-7-14)22-11-15(27)16-8-9-17(20)28-16;/h3-9,15,27H,10-12H2,1-2H3,(H2,21,22,23);1H. The predicted octanol–water partition coefficient (Wildman–Crippen LogP) is 3.43. The van der Waals surface area contributed by atoms with E-state index in [1.807, 2.05) is 54.9 Å². The third kappa shape index (κ3) is 6.95. The number of aliphatic hydroxyl groups excluding tert-OH is 1. The molecule has 0 aliphatic rings. The van der Waals surface area contributed by atoms with E-state index in [1.165, 1.54) is 11.3 Å². The summed E-state index contributed by atoms with van der Waals surface area (Å²) in [5.41, 5.74) is 1.10. The van der Waals surface area contributed by atoms with Gasteiger partial charge in [-0.1, -0.05) is 41.9 Å². The van der Waals surface area contributed by atoms with E-state index >= 15 is 0 Å². The molecule has 0 aliphatic heterocycles. The fourth-order valence-corrected chi connectivity index (χ4v) is 3.54. The molecule has 156 valence electrons. The molecule has 0 saturated carbocycles. The van der Waals surface area contributed by atoms with Crippen LogP contribution in [0.4, 0.5) is 0 Å². The second kappa shape index (κ2) is 11.5. The van der Waals surface area contributed by atoms with Crippen molar-refractivity contribution in [1.82, 2.24) is 25.4 Å². The minimum Gasteiger partial charge on any atom is -0.386 e. The molecule has 3 rings (SSSR count). The minimum absolute atomic E-state index is 0. The van der Waals surface area contributed by atoms with Crippen LogP contribution < -0.4 is 10.6 Å². The number of halogens is 2. The molecule has 7 nitrogen and oxygen atoms in total. The van der Waals surface area contributed by atoms with E-state index in [0.29, 0.717) is 29.9 Å². The van der Waals surface area contributed by atoms with Gasteiger partial charge in [-0.3, -0.25) is 0 Å². The van der Waals surface area contributed by atoms with E-state index in [1.54, 1.807) is 6.07 Å². The zero-order chi connectivity index (χ0) is 19.9. The number of hydrogen-bond acceptors (Lipinski definition) is 5. The Hall–Kier alpha value is -1.69. The molecular formula is C19H24ClIN6OS. The number of guanidine groups is 1. The van der Waals surface area contributed by atoms with Crippen molar-refractivity contribution >= 4 is 52.9 Å². The van der Waals surface area contributed by atoms with Gasteiger partial charge < -0.3 is 20.3 Å². The first-order chi connectivity index (χ1) is 13.5. The normalized spacial score (nSPS) is 12.3. The third-order valence-corrected chi connectivity index (χ3v) is 5.58. The fourth-order valence-electron chi connectivity index (χ4n) is 2.50. The molecule has 1 aromatic carbocycles. The van der Waals surface area contributed by atoms with Crippen LogP contribution in [-0.2, 0) is 20.1 Å². The zero-order valence-corrected chi connectivity index (χ0v) is 20.1. The highest BCUT2D eigenvalue weighted by atomic mass is 127. The summed E-state index contributed by atoms with van der Waals surface area (Å²) in [7, 11) is 1.92. The summed E-state index contributed by atoms with van der Waals surface area (Å²) in [4.78, 5) is 5.43. The Kier molecular flexibility index (Phi) is 9.34. The van der Waals surface area contributed by atoms with Gasteiger partial charge in [-0.2, -0.15) is 0 Å². The Labute approximate surface area is 196 Å². The summed E-state index contributed by atoms with van der Waals surface area (Å²) in [5, 5.41) is 25.0. The topological polar surface area (TPSA) is 87.4 Å². The van der Waals surface area contributed by atoms with Crippen LogP contribution in [0, 0.1) is 6.92 Å². The van der Waals surface area contributed by atoms with Gasteiger partial charge in [-0.05, 0) is 24.6 Å². The Balaban J connectivity index is 0.00000300. The zero-order valence-electron chi connectivity index (χ0n) is 16.2. The fraction of sp³-hybridized carbons (Fsp3) is 0.316. The number of aromatic nitrogens is 3. The first kappa shape index (κ1) is 23.6. The Morgan fingerprint density at radius 3 is 2.59 bits per heavy atom. The number of benzene rings is 1. The third-order valence-electron chi connectivity index (χ3n) is 4.24. The van der Waals surface area contributed by atoms with E-state index in [4.69, 9.17) is 11.6 Å². The second-order valence-corrected chi connectivity index (χ2v) is 8.01. The molecule has 0 amide bonds. The van der Waals surface area contributed by atoms with Crippen molar-refractivity contribution in [2.75, 3.05) is 6.54 Å². The van der Waals surface area contributed by atoms with Crippen LogP contribution >= 0.6 is 46.9 Å². The Morgan fingerprint density at radius 2 is 1.97 bits per heavy atom. The van der Waals surface area contributed by atoms with Crippen molar-refractivity contribution < 1.29 is 5.11 Å². The van der Waals surface area contributed by atoms with E-state index in [9.17, 15) is 5.11 Å². The number of nitrogens with zero attached hydrogens (tertiary/aromatic N) is 4. The molecule has 10 heteroatoms. The number of aliphatic imine (C=N–C) groups is 1. The number of thiophene rings is 1. The monoisotopic (exact) mass is 546 g/mol. The lowest BCUT2D eigenvalue weighted by Gasteiger charge is -2.15. The van der Waals surface area contributed by atoms with Gasteiger partial charge in [-0.25, -0.2) is 4.99 Å². The Bertz CT molecular complexity index is 930. The maximum Gasteiger partial charge on any atom is 0.192 e. The maximum atomic E-state index is 10.4. The number of aliphatic hydroxyl groups is 1. The highest BCUT2D eigenvalue weighted by molar-refractivity contribution is 14.0. The molecular weight excluding hydrogens is 523 g/mol. The van der Waals surface area contributed by atoms with Crippen LogP contribution in [-0.4, -0.2) is 32.4 Å². The first-order valence-corrected chi connectivity index (χ1v) is 10.1.